The number of nitrogens with one attached hydrogen (secondary N) is 1. The van der Waals surface area contributed by atoms with Crippen molar-refractivity contribution >= 4 is 34.0 Å². The van der Waals surface area contributed by atoms with Gasteiger partial charge in [0.1, 0.15) is 23.4 Å². The van der Waals surface area contributed by atoms with Crippen LogP contribution in [0.15, 0.2) is 40.9 Å². The van der Waals surface area contributed by atoms with Gasteiger partial charge in [-0.3, -0.25) is 4.79 Å². The molecule has 0 fully saturated rings. The maximum atomic E-state index is 12.2. The van der Waals surface area contributed by atoms with Gasteiger partial charge >= 0.3 is 0 Å². The molecule has 0 aliphatic rings. The van der Waals surface area contributed by atoms with Crippen molar-refractivity contribution in [3.05, 3.63) is 52.7 Å². The molecular weight excluding hydrogens is 394 g/mol. The molecule has 0 saturated carbocycles. The van der Waals surface area contributed by atoms with E-state index in [4.69, 9.17) is 10.00 Å². The predicted octanol–water partition coefficient (Wildman–Crippen LogP) is 3.85. The van der Waals surface area contributed by atoms with Crippen LogP contribution in [0, 0.1) is 18.3 Å². The van der Waals surface area contributed by atoms with Crippen molar-refractivity contribution in [1.29, 1.82) is 5.26 Å². The smallest absolute Gasteiger partial charge is 0.235 e. The summed E-state index contributed by atoms with van der Waals surface area (Å²) >= 11 is 2.63. The molecule has 3 rings (SSSR count). The second-order valence-corrected chi connectivity index (χ2v) is 7.72. The Morgan fingerprint density at radius 2 is 2.11 bits per heavy atom. The Labute approximate surface area is 171 Å². The maximum absolute atomic E-state index is 12.2. The lowest BCUT2D eigenvalue weighted by molar-refractivity contribution is -0.113. The van der Waals surface area contributed by atoms with Crippen molar-refractivity contribution in [3.8, 4) is 11.8 Å². The molecule has 0 atom stereocenters. The first-order valence-electron chi connectivity index (χ1n) is 8.62. The van der Waals surface area contributed by atoms with Gasteiger partial charge in [0.25, 0.3) is 0 Å². The van der Waals surface area contributed by atoms with Crippen LogP contribution in [0.25, 0.3) is 0 Å². The van der Waals surface area contributed by atoms with Crippen LogP contribution in [0.1, 0.15) is 23.9 Å². The third kappa shape index (κ3) is 4.91. The zero-order chi connectivity index (χ0) is 19.9. The van der Waals surface area contributed by atoms with Crippen LogP contribution in [0.4, 0.5) is 5.00 Å². The number of aromatic nitrogens is 3. The number of hydrogen-bond acceptors (Lipinski definition) is 7. The fourth-order valence-electron chi connectivity index (χ4n) is 2.42. The molecule has 2 aromatic heterocycles. The summed E-state index contributed by atoms with van der Waals surface area (Å²) in [5.41, 5.74) is 1.64. The van der Waals surface area contributed by atoms with Gasteiger partial charge in [0.05, 0.1) is 11.3 Å². The number of anilines is 1. The summed E-state index contributed by atoms with van der Waals surface area (Å²) < 4.78 is 7.71. The molecule has 144 valence electrons. The summed E-state index contributed by atoms with van der Waals surface area (Å²) in [6.45, 7) is 4.99. The van der Waals surface area contributed by atoms with Crippen LogP contribution in [-0.2, 0) is 17.9 Å². The van der Waals surface area contributed by atoms with Crippen molar-refractivity contribution in [3.63, 3.8) is 0 Å². The molecule has 1 aromatic carbocycles. The lowest BCUT2D eigenvalue weighted by Crippen LogP contribution is -2.14. The van der Waals surface area contributed by atoms with Crippen LogP contribution in [0.5, 0.6) is 5.75 Å². The van der Waals surface area contributed by atoms with Gasteiger partial charge in [-0.2, -0.15) is 5.26 Å². The lowest BCUT2D eigenvalue weighted by atomic mass is 10.2. The molecule has 0 aliphatic carbocycles. The minimum absolute atomic E-state index is 0.180. The number of nitrogens with zero attached hydrogens (tertiary/aromatic N) is 4. The largest absolute Gasteiger partial charge is 0.486 e. The summed E-state index contributed by atoms with van der Waals surface area (Å²) in [4.78, 5) is 12.2. The van der Waals surface area contributed by atoms with E-state index in [1.807, 2.05) is 42.7 Å². The fraction of sp³-hybridized carbons (Fsp3) is 0.263. The molecule has 0 saturated heterocycles. The number of nitriles is 1. The number of rotatable bonds is 8. The zero-order valence-electron chi connectivity index (χ0n) is 15.5. The molecule has 1 N–H and O–H groups in total. The molecular formula is C19H19N5O2S2. The number of hydrogen-bond donors (Lipinski definition) is 1. The van der Waals surface area contributed by atoms with Crippen molar-refractivity contribution in [2.75, 3.05) is 11.1 Å². The Morgan fingerprint density at radius 3 is 2.82 bits per heavy atom. The normalized spacial score (nSPS) is 10.5. The second kappa shape index (κ2) is 9.39. The highest BCUT2D eigenvalue weighted by Crippen LogP contribution is 2.23. The summed E-state index contributed by atoms with van der Waals surface area (Å²) in [6, 6.07) is 11.6. The highest BCUT2D eigenvalue weighted by atomic mass is 32.2. The zero-order valence-corrected chi connectivity index (χ0v) is 17.1. The van der Waals surface area contributed by atoms with Crippen molar-refractivity contribution in [2.45, 2.75) is 32.2 Å². The molecule has 9 heteroatoms. The monoisotopic (exact) mass is 413 g/mol. The summed E-state index contributed by atoms with van der Waals surface area (Å²) in [5, 5.41) is 23.2. The van der Waals surface area contributed by atoms with Gasteiger partial charge in [0.15, 0.2) is 11.0 Å². The fourth-order valence-corrected chi connectivity index (χ4v) is 3.99. The van der Waals surface area contributed by atoms with Crippen LogP contribution in [0.2, 0.25) is 0 Å². The van der Waals surface area contributed by atoms with Gasteiger partial charge in [-0.05, 0) is 37.4 Å². The number of benzene rings is 1. The lowest BCUT2D eigenvalue weighted by Gasteiger charge is -2.09. The summed E-state index contributed by atoms with van der Waals surface area (Å²) in [5.74, 6) is 1.47. The highest BCUT2D eigenvalue weighted by molar-refractivity contribution is 7.99. The van der Waals surface area contributed by atoms with Crippen LogP contribution >= 0.6 is 23.1 Å². The Balaban J connectivity index is 1.58. The number of ether oxygens (including phenoxy) is 1. The van der Waals surface area contributed by atoms with Crippen LogP contribution < -0.4 is 10.1 Å². The standard InChI is InChI=1S/C19H19N5O2S2/c1-3-24-16(11-26-15-6-4-13(2)5-7-15)22-23-19(24)28-12-17(25)21-18-14(10-20)8-9-27-18/h4-9H,3,11-12H2,1-2H3,(H,21,25). The van der Waals surface area contributed by atoms with Crippen molar-refractivity contribution in [1.82, 2.24) is 14.8 Å². The third-order valence-electron chi connectivity index (χ3n) is 3.87. The number of carbonyl (C=O) groups excluding carboxylic acids is 1. The van der Waals surface area contributed by atoms with Crippen molar-refractivity contribution in [2.24, 2.45) is 0 Å². The topological polar surface area (TPSA) is 92.8 Å². The molecule has 0 radical (unpaired) electrons. The van der Waals surface area contributed by atoms with Crippen molar-refractivity contribution < 1.29 is 9.53 Å². The average molecular weight is 414 g/mol. The number of carbonyl (C=O) groups is 1. The van der Waals surface area contributed by atoms with E-state index in [2.05, 4.69) is 21.6 Å². The quantitative estimate of drug-likeness (QED) is 0.564. The van der Waals surface area contributed by atoms with Crippen LogP contribution in [0.3, 0.4) is 0 Å². The number of thiophene rings is 1. The Hall–Kier alpha value is -2.83. The second-order valence-electron chi connectivity index (χ2n) is 5.86. The Kier molecular flexibility index (Phi) is 6.68. The Morgan fingerprint density at radius 1 is 1.32 bits per heavy atom. The summed E-state index contributed by atoms with van der Waals surface area (Å²) in [7, 11) is 0. The van der Waals surface area contributed by atoms with E-state index >= 15 is 0 Å². The molecule has 0 spiro atoms. The van der Waals surface area contributed by atoms with E-state index < -0.39 is 0 Å². The first kappa shape index (κ1) is 19.9. The van der Waals surface area contributed by atoms with Gasteiger partial charge in [0, 0.05) is 6.54 Å². The predicted molar refractivity (Wildman–Crippen MR) is 110 cm³/mol. The molecule has 28 heavy (non-hydrogen) atoms. The van der Waals surface area contributed by atoms with E-state index in [-0.39, 0.29) is 11.7 Å². The van der Waals surface area contributed by atoms with Gasteiger partial charge < -0.3 is 14.6 Å². The first-order chi connectivity index (χ1) is 13.6. The minimum atomic E-state index is -0.188. The van der Waals surface area contributed by atoms with Crippen LogP contribution in [-0.4, -0.2) is 26.4 Å². The highest BCUT2D eigenvalue weighted by Gasteiger charge is 2.15. The molecule has 0 unspecified atom stereocenters. The Bertz CT molecular complexity index is 989. The first-order valence-corrected chi connectivity index (χ1v) is 10.5. The third-order valence-corrected chi connectivity index (χ3v) is 5.67. The van der Waals surface area contributed by atoms with E-state index in [0.29, 0.717) is 34.7 Å². The van der Waals surface area contributed by atoms with E-state index in [1.165, 1.54) is 28.7 Å². The number of aryl methyl sites for hydroxylation is 1. The van der Waals surface area contributed by atoms with E-state index in [1.54, 1.807) is 11.4 Å². The van der Waals surface area contributed by atoms with E-state index in [0.717, 1.165) is 5.75 Å². The van der Waals surface area contributed by atoms with Gasteiger partial charge in [-0.15, -0.1) is 21.5 Å². The number of thioether (sulfide) groups is 1. The molecule has 3 aromatic rings. The van der Waals surface area contributed by atoms with Gasteiger partial charge in [0.2, 0.25) is 5.91 Å². The van der Waals surface area contributed by atoms with Gasteiger partial charge in [-0.1, -0.05) is 29.5 Å². The molecule has 7 nitrogen and oxygen atoms in total. The maximum Gasteiger partial charge on any atom is 0.235 e. The summed E-state index contributed by atoms with van der Waals surface area (Å²) in [6.07, 6.45) is 0. The van der Waals surface area contributed by atoms with Gasteiger partial charge in [-0.25, -0.2) is 0 Å². The molecule has 2 heterocycles. The molecule has 0 bridgehead atoms. The minimum Gasteiger partial charge on any atom is -0.486 e. The van der Waals surface area contributed by atoms with E-state index in [9.17, 15) is 4.79 Å². The molecule has 1 amide bonds. The SMILES string of the molecule is CCn1c(COc2ccc(C)cc2)nnc1SCC(=O)Nc1sccc1C#N. The average Bonchev–Trinajstić information content (AvgIpc) is 3.31. The molecule has 0 aliphatic heterocycles. The number of amides is 1.